The fourth-order valence-corrected chi connectivity index (χ4v) is 3.54. The maximum absolute atomic E-state index is 11.2. The van der Waals surface area contributed by atoms with Crippen molar-refractivity contribution in [3.05, 3.63) is 0 Å². The van der Waals surface area contributed by atoms with E-state index < -0.39 is 20.8 Å². The van der Waals surface area contributed by atoms with Gasteiger partial charge in [0.1, 0.15) is 5.21 Å². The number of nitrogens with zero attached hydrogens (tertiary/aromatic N) is 1. The lowest BCUT2D eigenvalue weighted by atomic mass is 10.6. The summed E-state index contributed by atoms with van der Waals surface area (Å²) in [5.41, 5.74) is 0. The molecule has 0 N–H and O–H groups in total. The maximum atomic E-state index is 11.2. The van der Waals surface area contributed by atoms with Crippen LogP contribution in [0.4, 0.5) is 0 Å². The number of sulfonamides is 1. The Hall–Kier alpha value is 0.350. The maximum Gasteiger partial charge on any atom is 0.228 e. The molecule has 0 aromatic carbocycles. The molecule has 0 saturated carbocycles. The van der Waals surface area contributed by atoms with E-state index >= 15 is 0 Å². The quantitative estimate of drug-likeness (QED) is 0.607. The Morgan fingerprint density at radius 2 is 1.83 bits per heavy atom. The Labute approximate surface area is 79.4 Å². The van der Waals surface area contributed by atoms with Gasteiger partial charge in [-0.2, -0.15) is 4.31 Å². The van der Waals surface area contributed by atoms with Crippen molar-refractivity contribution in [3.8, 4) is 0 Å². The highest BCUT2D eigenvalue weighted by atomic mass is 35.5. The van der Waals surface area contributed by atoms with Crippen molar-refractivity contribution < 1.29 is 12.6 Å². The van der Waals surface area contributed by atoms with E-state index in [-0.39, 0.29) is 5.21 Å². The molecule has 7 heteroatoms. The molecule has 0 unspecified atom stereocenters. The normalized spacial score (nSPS) is 22.8. The second kappa shape index (κ2) is 4.04. The summed E-state index contributed by atoms with van der Waals surface area (Å²) in [5, 5.41) is -0.389. The highest BCUT2D eigenvalue weighted by Gasteiger charge is 2.25. The van der Waals surface area contributed by atoms with Gasteiger partial charge in [-0.25, -0.2) is 8.42 Å². The van der Waals surface area contributed by atoms with Gasteiger partial charge in [-0.15, -0.1) is 11.6 Å². The van der Waals surface area contributed by atoms with Gasteiger partial charge in [0.15, 0.2) is 0 Å². The zero-order chi connectivity index (χ0) is 9.19. The molecule has 4 nitrogen and oxygen atoms in total. The summed E-state index contributed by atoms with van der Waals surface area (Å²) in [5.74, 6) is 0.853. The summed E-state index contributed by atoms with van der Waals surface area (Å²) < 4.78 is 34.5. The van der Waals surface area contributed by atoms with Crippen LogP contribution in [0.15, 0.2) is 0 Å². The molecular formula is C5H10ClNO3S2. The van der Waals surface area contributed by atoms with Gasteiger partial charge in [-0.3, -0.25) is 4.21 Å². The molecule has 0 aromatic heterocycles. The van der Waals surface area contributed by atoms with Crippen molar-refractivity contribution in [2.24, 2.45) is 0 Å². The van der Waals surface area contributed by atoms with Gasteiger partial charge >= 0.3 is 0 Å². The van der Waals surface area contributed by atoms with Crippen molar-refractivity contribution >= 4 is 32.4 Å². The lowest BCUT2D eigenvalue weighted by molar-refractivity contribution is 0.442. The summed E-state index contributed by atoms with van der Waals surface area (Å²) in [4.78, 5) is 0. The predicted octanol–water partition coefficient (Wildman–Crippen LogP) is -0.423. The monoisotopic (exact) mass is 231 g/mol. The van der Waals surface area contributed by atoms with E-state index in [1.54, 1.807) is 0 Å². The minimum Gasteiger partial charge on any atom is -0.259 e. The summed E-state index contributed by atoms with van der Waals surface area (Å²) in [6.07, 6.45) is 0. The highest BCUT2D eigenvalue weighted by molar-refractivity contribution is 7.90. The van der Waals surface area contributed by atoms with Crippen LogP contribution < -0.4 is 0 Å². The Morgan fingerprint density at radius 3 is 2.25 bits per heavy atom. The van der Waals surface area contributed by atoms with Gasteiger partial charge in [-0.05, 0) is 0 Å². The molecule has 0 radical (unpaired) electrons. The van der Waals surface area contributed by atoms with Crippen molar-refractivity contribution in [1.82, 2.24) is 4.31 Å². The second-order valence-corrected chi connectivity index (χ2v) is 6.72. The second-order valence-electron chi connectivity index (χ2n) is 2.47. The van der Waals surface area contributed by atoms with E-state index in [9.17, 15) is 12.6 Å². The third-order valence-corrected chi connectivity index (χ3v) is 5.20. The number of halogens is 1. The molecule has 1 saturated heterocycles. The third-order valence-electron chi connectivity index (χ3n) is 1.67. The minimum atomic E-state index is -3.28. The number of alkyl halides is 1. The fourth-order valence-electron chi connectivity index (χ4n) is 0.968. The van der Waals surface area contributed by atoms with Crippen LogP contribution in [-0.4, -0.2) is 46.7 Å². The molecule has 0 amide bonds. The van der Waals surface area contributed by atoms with E-state index in [4.69, 9.17) is 11.6 Å². The zero-order valence-corrected chi connectivity index (χ0v) is 8.79. The third kappa shape index (κ3) is 2.42. The Kier molecular flexibility index (Phi) is 3.51. The predicted molar refractivity (Wildman–Crippen MR) is 49.1 cm³/mol. The van der Waals surface area contributed by atoms with Crippen LogP contribution in [0.2, 0.25) is 0 Å². The number of hydrogen-bond donors (Lipinski definition) is 0. The molecule has 1 heterocycles. The van der Waals surface area contributed by atoms with Crippen molar-refractivity contribution in [2.45, 2.75) is 0 Å². The molecule has 0 atom stereocenters. The molecule has 0 aliphatic carbocycles. The lowest BCUT2D eigenvalue weighted by Crippen LogP contribution is -2.42. The molecule has 1 fully saturated rings. The van der Waals surface area contributed by atoms with Gasteiger partial charge in [0.05, 0.1) is 0 Å². The Morgan fingerprint density at radius 1 is 1.33 bits per heavy atom. The molecule has 0 spiro atoms. The summed E-state index contributed by atoms with van der Waals surface area (Å²) in [6.45, 7) is 0.670. The van der Waals surface area contributed by atoms with Crippen LogP contribution in [0.1, 0.15) is 0 Å². The van der Waals surface area contributed by atoms with Gasteiger partial charge in [-0.1, -0.05) is 0 Å². The van der Waals surface area contributed by atoms with Crippen LogP contribution in [0, 0.1) is 0 Å². The van der Waals surface area contributed by atoms with Crippen LogP contribution in [0.25, 0.3) is 0 Å². The highest BCUT2D eigenvalue weighted by Crippen LogP contribution is 2.07. The first-order valence-electron chi connectivity index (χ1n) is 3.45. The average molecular weight is 232 g/mol. The minimum absolute atomic E-state index is 0.335. The Bertz CT molecular complexity index is 266. The molecule has 0 bridgehead atoms. The lowest BCUT2D eigenvalue weighted by Gasteiger charge is -2.24. The van der Waals surface area contributed by atoms with E-state index in [0.717, 1.165) is 0 Å². The SMILES string of the molecule is O=S1CCN(S(=O)(=O)CCl)CC1. The first-order chi connectivity index (χ1) is 5.56. The molecule has 12 heavy (non-hydrogen) atoms. The molecule has 72 valence electrons. The van der Waals surface area contributed by atoms with Gasteiger partial charge in [0.2, 0.25) is 10.0 Å². The van der Waals surface area contributed by atoms with Crippen LogP contribution in [-0.2, 0) is 20.8 Å². The van der Waals surface area contributed by atoms with Crippen LogP contribution >= 0.6 is 11.6 Å². The van der Waals surface area contributed by atoms with Crippen molar-refractivity contribution in [1.29, 1.82) is 0 Å². The van der Waals surface area contributed by atoms with E-state index in [0.29, 0.717) is 24.6 Å². The molecule has 1 aliphatic heterocycles. The summed E-state index contributed by atoms with van der Waals surface area (Å²) in [7, 11) is -4.13. The van der Waals surface area contributed by atoms with Crippen LogP contribution in [0.5, 0.6) is 0 Å². The van der Waals surface area contributed by atoms with E-state index in [1.807, 2.05) is 0 Å². The smallest absolute Gasteiger partial charge is 0.228 e. The molecule has 1 rings (SSSR count). The Balaban J connectivity index is 2.62. The van der Waals surface area contributed by atoms with E-state index in [1.165, 1.54) is 4.31 Å². The van der Waals surface area contributed by atoms with Crippen LogP contribution in [0.3, 0.4) is 0 Å². The first kappa shape index (κ1) is 10.4. The van der Waals surface area contributed by atoms with Gasteiger partial charge in [0.25, 0.3) is 0 Å². The van der Waals surface area contributed by atoms with Gasteiger partial charge in [0, 0.05) is 35.4 Å². The van der Waals surface area contributed by atoms with Gasteiger partial charge < -0.3 is 0 Å². The zero-order valence-electron chi connectivity index (χ0n) is 6.40. The number of hydrogen-bond acceptors (Lipinski definition) is 3. The average Bonchev–Trinajstić information content (AvgIpc) is 2.05. The van der Waals surface area contributed by atoms with E-state index in [2.05, 4.69) is 0 Å². The van der Waals surface area contributed by atoms with Crippen molar-refractivity contribution in [3.63, 3.8) is 0 Å². The summed E-state index contributed by atoms with van der Waals surface area (Å²) in [6, 6.07) is 0. The fraction of sp³-hybridized carbons (Fsp3) is 1.00. The standard InChI is InChI=1S/C5H10ClNO3S2/c6-5-12(9,10)7-1-3-11(8)4-2-7/h1-5H2. The molecular weight excluding hydrogens is 222 g/mol. The van der Waals surface area contributed by atoms with Crippen molar-refractivity contribution in [2.75, 3.05) is 29.8 Å². The largest absolute Gasteiger partial charge is 0.259 e. The topological polar surface area (TPSA) is 54.5 Å². The summed E-state index contributed by atoms with van der Waals surface area (Å²) >= 11 is 5.26. The number of rotatable bonds is 2. The molecule has 0 aromatic rings. The molecule has 1 aliphatic rings. The first-order valence-corrected chi connectivity index (χ1v) is 7.08.